The van der Waals surface area contributed by atoms with Crippen molar-refractivity contribution in [3.63, 3.8) is 0 Å². The number of rotatable bonds is 6. The van der Waals surface area contributed by atoms with Crippen LogP contribution in [0, 0.1) is 0 Å². The number of nitrogens with zero attached hydrogens (tertiary/aromatic N) is 2. The number of hydrogen-bond donors (Lipinski definition) is 2. The van der Waals surface area contributed by atoms with E-state index in [1.165, 1.54) is 29.1 Å². The normalized spacial score (nSPS) is 10.4. The average Bonchev–Trinajstić information content (AvgIpc) is 2.64. The van der Waals surface area contributed by atoms with Crippen molar-refractivity contribution in [1.29, 1.82) is 0 Å². The summed E-state index contributed by atoms with van der Waals surface area (Å²) in [5, 5.41) is 12.0. The Morgan fingerprint density at radius 1 is 1.19 bits per heavy atom. The number of aromatic hydroxyl groups is 1. The molecule has 1 aromatic heterocycles. The number of phenols is 1. The van der Waals surface area contributed by atoms with Crippen LogP contribution in [0.5, 0.6) is 11.5 Å². The van der Waals surface area contributed by atoms with Crippen LogP contribution in [-0.2, 0) is 11.3 Å². The summed E-state index contributed by atoms with van der Waals surface area (Å²) in [6.07, 6.45) is 1.34. The lowest BCUT2D eigenvalue weighted by Crippen LogP contribution is -2.27. The summed E-state index contributed by atoms with van der Waals surface area (Å²) >= 11 is 0. The van der Waals surface area contributed by atoms with E-state index in [1.807, 2.05) is 31.2 Å². The summed E-state index contributed by atoms with van der Waals surface area (Å²) in [7, 11) is 0. The molecule has 3 aromatic rings. The number of hydrogen-bond acceptors (Lipinski definition) is 5. The maximum Gasteiger partial charge on any atom is 0.254 e. The van der Waals surface area contributed by atoms with Gasteiger partial charge in [0.05, 0.1) is 18.6 Å². The van der Waals surface area contributed by atoms with Gasteiger partial charge in [-0.1, -0.05) is 6.07 Å². The summed E-state index contributed by atoms with van der Waals surface area (Å²) in [6.45, 7) is 2.31. The quantitative estimate of drug-likeness (QED) is 0.700. The van der Waals surface area contributed by atoms with Gasteiger partial charge in [-0.15, -0.1) is 0 Å². The number of carbonyl (C=O) groups excluding carboxylic acids is 1. The van der Waals surface area contributed by atoms with Crippen LogP contribution in [0.4, 0.5) is 5.69 Å². The Labute approximate surface area is 155 Å². The molecule has 27 heavy (non-hydrogen) atoms. The molecular weight excluding hydrogens is 346 g/mol. The fraction of sp³-hybridized carbons (Fsp3) is 0.150. The van der Waals surface area contributed by atoms with Crippen molar-refractivity contribution in [3.8, 4) is 22.8 Å². The number of benzene rings is 2. The van der Waals surface area contributed by atoms with E-state index in [0.29, 0.717) is 18.0 Å². The van der Waals surface area contributed by atoms with Gasteiger partial charge in [-0.05, 0) is 43.3 Å². The fourth-order valence-electron chi connectivity index (χ4n) is 2.53. The molecule has 0 aliphatic rings. The molecule has 2 aromatic carbocycles. The van der Waals surface area contributed by atoms with Crippen LogP contribution in [0.2, 0.25) is 0 Å². The number of anilines is 1. The number of aromatic nitrogens is 2. The van der Waals surface area contributed by atoms with E-state index in [-0.39, 0.29) is 17.9 Å². The molecule has 1 amide bonds. The second-order valence-corrected chi connectivity index (χ2v) is 5.80. The molecule has 0 spiro atoms. The Kier molecular flexibility index (Phi) is 5.51. The van der Waals surface area contributed by atoms with Gasteiger partial charge in [0.2, 0.25) is 5.91 Å². The predicted molar refractivity (Wildman–Crippen MR) is 102 cm³/mol. The van der Waals surface area contributed by atoms with Crippen molar-refractivity contribution in [1.82, 2.24) is 9.55 Å². The van der Waals surface area contributed by atoms with E-state index in [0.717, 1.165) is 11.3 Å². The smallest absolute Gasteiger partial charge is 0.254 e. The number of amides is 1. The lowest BCUT2D eigenvalue weighted by atomic mass is 10.1. The van der Waals surface area contributed by atoms with Gasteiger partial charge in [0.25, 0.3) is 5.56 Å². The maximum atomic E-state index is 12.3. The van der Waals surface area contributed by atoms with Gasteiger partial charge in [-0.2, -0.15) is 0 Å². The van der Waals surface area contributed by atoms with Gasteiger partial charge < -0.3 is 15.2 Å². The molecule has 7 heteroatoms. The molecule has 0 radical (unpaired) electrons. The largest absolute Gasteiger partial charge is 0.508 e. The Morgan fingerprint density at radius 3 is 2.63 bits per heavy atom. The summed E-state index contributed by atoms with van der Waals surface area (Å²) in [4.78, 5) is 28.7. The Balaban J connectivity index is 1.71. The van der Waals surface area contributed by atoms with Gasteiger partial charge in [0.1, 0.15) is 18.0 Å². The third-order valence-corrected chi connectivity index (χ3v) is 3.78. The maximum absolute atomic E-state index is 12.3. The van der Waals surface area contributed by atoms with Gasteiger partial charge in [-0.3, -0.25) is 14.2 Å². The molecule has 0 saturated carbocycles. The van der Waals surface area contributed by atoms with Crippen LogP contribution >= 0.6 is 0 Å². The summed E-state index contributed by atoms with van der Waals surface area (Å²) in [6, 6.07) is 14.9. The van der Waals surface area contributed by atoms with Crippen LogP contribution < -0.4 is 15.6 Å². The second-order valence-electron chi connectivity index (χ2n) is 5.80. The molecule has 0 atom stereocenters. The zero-order valence-corrected chi connectivity index (χ0v) is 14.8. The lowest BCUT2D eigenvalue weighted by molar-refractivity contribution is -0.116. The molecule has 0 unspecified atom stereocenters. The van der Waals surface area contributed by atoms with E-state index in [4.69, 9.17) is 4.74 Å². The topological polar surface area (TPSA) is 93.5 Å². The van der Waals surface area contributed by atoms with Crippen LogP contribution in [0.3, 0.4) is 0 Å². The predicted octanol–water partition coefficient (Wildman–Crippen LogP) is 2.65. The van der Waals surface area contributed by atoms with Crippen molar-refractivity contribution in [2.75, 3.05) is 11.9 Å². The van der Waals surface area contributed by atoms with Crippen molar-refractivity contribution >= 4 is 11.6 Å². The molecule has 1 heterocycles. The first kappa shape index (κ1) is 18.2. The first-order chi connectivity index (χ1) is 13.0. The van der Waals surface area contributed by atoms with Gasteiger partial charge in [-0.25, -0.2) is 4.98 Å². The molecule has 3 rings (SSSR count). The third-order valence-electron chi connectivity index (χ3n) is 3.78. The number of ether oxygens (including phenoxy) is 1. The van der Waals surface area contributed by atoms with Crippen LogP contribution in [0.25, 0.3) is 11.3 Å². The van der Waals surface area contributed by atoms with Gasteiger partial charge in [0, 0.05) is 23.4 Å². The highest BCUT2D eigenvalue weighted by Crippen LogP contribution is 2.19. The first-order valence-electron chi connectivity index (χ1n) is 8.44. The van der Waals surface area contributed by atoms with E-state index in [1.54, 1.807) is 12.1 Å². The lowest BCUT2D eigenvalue weighted by Gasteiger charge is -2.09. The molecule has 0 saturated heterocycles. The summed E-state index contributed by atoms with van der Waals surface area (Å²) in [5.41, 5.74) is 1.42. The SMILES string of the molecule is CCOc1ccc(-c2cc(=O)n(CC(=O)Nc3cccc(O)c3)cn2)cc1. The molecule has 7 nitrogen and oxygen atoms in total. The van der Waals surface area contributed by atoms with Crippen molar-refractivity contribution < 1.29 is 14.6 Å². The molecule has 0 fully saturated rings. The van der Waals surface area contributed by atoms with Crippen LogP contribution in [0.15, 0.2) is 65.7 Å². The summed E-state index contributed by atoms with van der Waals surface area (Å²) in [5.74, 6) is 0.405. The molecular formula is C20H19N3O4. The molecule has 138 valence electrons. The van der Waals surface area contributed by atoms with Crippen molar-refractivity contribution in [3.05, 3.63) is 71.3 Å². The van der Waals surface area contributed by atoms with Crippen LogP contribution in [0.1, 0.15) is 6.92 Å². The Morgan fingerprint density at radius 2 is 1.96 bits per heavy atom. The highest BCUT2D eigenvalue weighted by Gasteiger charge is 2.08. The van der Waals surface area contributed by atoms with E-state index >= 15 is 0 Å². The third kappa shape index (κ3) is 4.72. The highest BCUT2D eigenvalue weighted by atomic mass is 16.5. The highest BCUT2D eigenvalue weighted by molar-refractivity contribution is 5.90. The standard InChI is InChI=1S/C20H19N3O4/c1-2-27-17-8-6-14(7-9-17)18-11-20(26)23(13-21-18)12-19(25)22-15-4-3-5-16(24)10-15/h3-11,13,24H,2,12H2,1H3,(H,22,25). The van der Waals surface area contributed by atoms with Gasteiger partial charge >= 0.3 is 0 Å². The minimum absolute atomic E-state index is 0.0475. The first-order valence-corrected chi connectivity index (χ1v) is 8.44. The number of nitrogens with one attached hydrogen (secondary N) is 1. The number of phenolic OH excluding ortho intramolecular Hbond substituents is 1. The second kappa shape index (κ2) is 8.18. The van der Waals surface area contributed by atoms with E-state index in [2.05, 4.69) is 10.3 Å². The molecule has 0 aliphatic carbocycles. The average molecular weight is 365 g/mol. The van der Waals surface area contributed by atoms with Crippen molar-refractivity contribution in [2.45, 2.75) is 13.5 Å². The minimum Gasteiger partial charge on any atom is -0.508 e. The zero-order valence-electron chi connectivity index (χ0n) is 14.8. The molecule has 0 bridgehead atoms. The zero-order chi connectivity index (χ0) is 19.2. The van der Waals surface area contributed by atoms with Gasteiger partial charge in [0.15, 0.2) is 0 Å². The number of carbonyl (C=O) groups is 1. The summed E-state index contributed by atoms with van der Waals surface area (Å²) < 4.78 is 6.61. The fourth-order valence-corrected chi connectivity index (χ4v) is 2.53. The minimum atomic E-state index is -0.390. The monoisotopic (exact) mass is 365 g/mol. The molecule has 2 N–H and O–H groups in total. The van der Waals surface area contributed by atoms with E-state index in [9.17, 15) is 14.7 Å². The Bertz CT molecular complexity index is 997. The van der Waals surface area contributed by atoms with Crippen LogP contribution in [-0.4, -0.2) is 27.2 Å². The Hall–Kier alpha value is -3.61. The van der Waals surface area contributed by atoms with Crippen molar-refractivity contribution in [2.24, 2.45) is 0 Å². The molecule has 0 aliphatic heterocycles. The van der Waals surface area contributed by atoms with E-state index < -0.39 is 5.91 Å².